The first kappa shape index (κ1) is 20.3. The SMILES string of the molecule is Fc1ccccc1-c1nc2cc(OCc3ccccc3)ccc2n1Cc1ccc(Cl)cc1. The summed E-state index contributed by atoms with van der Waals surface area (Å²) >= 11 is 6.05. The van der Waals surface area contributed by atoms with Gasteiger partial charge in [0.2, 0.25) is 0 Å². The maximum atomic E-state index is 14.7. The standard InChI is InChI=1S/C27H20ClFN2O/c28-21-12-10-19(11-13-21)17-31-26-15-14-22(32-18-20-6-2-1-3-7-20)16-25(26)30-27(31)23-8-4-5-9-24(23)29/h1-16H,17-18H2. The third-order valence-electron chi connectivity index (χ3n) is 5.34. The highest BCUT2D eigenvalue weighted by Crippen LogP contribution is 2.30. The van der Waals surface area contributed by atoms with Crippen LogP contribution in [0.1, 0.15) is 11.1 Å². The molecule has 3 nitrogen and oxygen atoms in total. The molecule has 5 rings (SSSR count). The van der Waals surface area contributed by atoms with Crippen LogP contribution in [0, 0.1) is 5.82 Å². The fourth-order valence-corrected chi connectivity index (χ4v) is 3.85. The third kappa shape index (κ3) is 4.23. The predicted octanol–water partition coefficient (Wildman–Crippen LogP) is 7.12. The van der Waals surface area contributed by atoms with E-state index in [1.165, 1.54) is 6.07 Å². The first-order valence-electron chi connectivity index (χ1n) is 10.3. The van der Waals surface area contributed by atoms with Crippen molar-refractivity contribution in [1.29, 1.82) is 0 Å². The van der Waals surface area contributed by atoms with Gasteiger partial charge in [0.1, 0.15) is 24.0 Å². The summed E-state index contributed by atoms with van der Waals surface area (Å²) in [5.41, 5.74) is 4.26. The maximum absolute atomic E-state index is 14.7. The fourth-order valence-electron chi connectivity index (χ4n) is 3.72. The highest BCUT2D eigenvalue weighted by molar-refractivity contribution is 6.30. The second-order valence-electron chi connectivity index (χ2n) is 7.55. The Morgan fingerprint density at radius 3 is 2.34 bits per heavy atom. The molecule has 0 radical (unpaired) electrons. The molecule has 0 unspecified atom stereocenters. The lowest BCUT2D eigenvalue weighted by Crippen LogP contribution is -2.03. The number of rotatable bonds is 6. The van der Waals surface area contributed by atoms with Crippen molar-refractivity contribution in [3.05, 3.63) is 119 Å². The van der Waals surface area contributed by atoms with Gasteiger partial charge in [-0.2, -0.15) is 0 Å². The van der Waals surface area contributed by atoms with E-state index in [-0.39, 0.29) is 5.82 Å². The van der Waals surface area contributed by atoms with Gasteiger partial charge in [-0.05, 0) is 47.5 Å². The van der Waals surface area contributed by atoms with E-state index in [1.54, 1.807) is 12.1 Å². The fraction of sp³-hybridized carbons (Fsp3) is 0.0741. The van der Waals surface area contributed by atoms with Gasteiger partial charge in [-0.25, -0.2) is 9.37 Å². The molecule has 32 heavy (non-hydrogen) atoms. The van der Waals surface area contributed by atoms with Crippen molar-refractivity contribution in [2.24, 2.45) is 0 Å². The number of fused-ring (bicyclic) bond motifs is 1. The van der Waals surface area contributed by atoms with Gasteiger partial charge in [0, 0.05) is 17.6 Å². The molecule has 0 N–H and O–H groups in total. The van der Waals surface area contributed by atoms with Crippen molar-refractivity contribution < 1.29 is 9.13 Å². The molecule has 5 aromatic rings. The van der Waals surface area contributed by atoms with E-state index in [4.69, 9.17) is 21.3 Å². The van der Waals surface area contributed by atoms with Crippen LogP contribution in [0.4, 0.5) is 4.39 Å². The van der Waals surface area contributed by atoms with Gasteiger partial charge in [-0.15, -0.1) is 0 Å². The Bertz CT molecular complexity index is 1360. The Balaban J connectivity index is 1.55. The van der Waals surface area contributed by atoms with E-state index < -0.39 is 0 Å². The summed E-state index contributed by atoms with van der Waals surface area (Å²) in [6, 6.07) is 30.2. The summed E-state index contributed by atoms with van der Waals surface area (Å²) in [6.45, 7) is 1.01. The van der Waals surface area contributed by atoms with E-state index in [9.17, 15) is 4.39 Å². The maximum Gasteiger partial charge on any atom is 0.144 e. The first-order chi connectivity index (χ1) is 15.7. The van der Waals surface area contributed by atoms with E-state index in [1.807, 2.05) is 83.4 Å². The topological polar surface area (TPSA) is 27.1 Å². The lowest BCUT2D eigenvalue weighted by atomic mass is 10.2. The van der Waals surface area contributed by atoms with Gasteiger partial charge >= 0.3 is 0 Å². The second-order valence-corrected chi connectivity index (χ2v) is 7.99. The van der Waals surface area contributed by atoms with Gasteiger partial charge < -0.3 is 9.30 Å². The Hall–Kier alpha value is -3.63. The Kier molecular flexibility index (Phi) is 5.61. The van der Waals surface area contributed by atoms with Crippen LogP contribution in [0.15, 0.2) is 97.1 Å². The number of hydrogen-bond donors (Lipinski definition) is 0. The molecule has 0 saturated carbocycles. The molecular weight excluding hydrogens is 423 g/mol. The summed E-state index contributed by atoms with van der Waals surface area (Å²) in [5, 5.41) is 0.679. The first-order valence-corrected chi connectivity index (χ1v) is 10.7. The number of imidazole rings is 1. The molecule has 5 heteroatoms. The Labute approximate surface area is 190 Å². The number of hydrogen-bond acceptors (Lipinski definition) is 2. The van der Waals surface area contributed by atoms with E-state index in [2.05, 4.69) is 0 Å². The average Bonchev–Trinajstić information content (AvgIpc) is 3.17. The van der Waals surface area contributed by atoms with Crippen molar-refractivity contribution in [2.75, 3.05) is 0 Å². The largest absolute Gasteiger partial charge is 0.489 e. The number of halogens is 2. The smallest absolute Gasteiger partial charge is 0.144 e. The van der Waals surface area contributed by atoms with Crippen LogP contribution in [-0.2, 0) is 13.2 Å². The number of benzene rings is 4. The summed E-state index contributed by atoms with van der Waals surface area (Å²) in [4.78, 5) is 4.79. The molecule has 1 heterocycles. The van der Waals surface area contributed by atoms with Crippen LogP contribution >= 0.6 is 11.6 Å². The van der Waals surface area contributed by atoms with Crippen molar-refractivity contribution in [3.8, 4) is 17.1 Å². The lowest BCUT2D eigenvalue weighted by Gasteiger charge is -2.11. The zero-order chi connectivity index (χ0) is 21.9. The molecule has 0 atom stereocenters. The average molecular weight is 443 g/mol. The van der Waals surface area contributed by atoms with Gasteiger partial charge in [0.25, 0.3) is 0 Å². The Morgan fingerprint density at radius 2 is 1.56 bits per heavy atom. The minimum atomic E-state index is -0.305. The monoisotopic (exact) mass is 442 g/mol. The molecule has 0 aliphatic rings. The zero-order valence-electron chi connectivity index (χ0n) is 17.2. The van der Waals surface area contributed by atoms with Crippen LogP contribution in [-0.4, -0.2) is 9.55 Å². The minimum absolute atomic E-state index is 0.305. The molecule has 0 amide bonds. The van der Waals surface area contributed by atoms with Crippen molar-refractivity contribution in [3.63, 3.8) is 0 Å². The van der Waals surface area contributed by atoms with E-state index in [0.29, 0.717) is 29.6 Å². The highest BCUT2D eigenvalue weighted by Gasteiger charge is 2.16. The molecule has 0 aliphatic heterocycles. The number of ether oxygens (including phenoxy) is 1. The highest BCUT2D eigenvalue weighted by atomic mass is 35.5. The summed E-state index contributed by atoms with van der Waals surface area (Å²) in [6.07, 6.45) is 0. The van der Waals surface area contributed by atoms with Crippen molar-refractivity contribution in [1.82, 2.24) is 9.55 Å². The molecule has 0 bridgehead atoms. The van der Waals surface area contributed by atoms with Crippen molar-refractivity contribution >= 4 is 22.6 Å². The normalized spacial score (nSPS) is 11.1. The second kappa shape index (κ2) is 8.85. The quantitative estimate of drug-likeness (QED) is 0.280. The Morgan fingerprint density at radius 1 is 0.812 bits per heavy atom. The van der Waals surface area contributed by atoms with Crippen LogP contribution in [0.3, 0.4) is 0 Å². The summed E-state index contributed by atoms with van der Waals surface area (Å²) in [5.74, 6) is 0.992. The molecule has 4 aromatic carbocycles. The van der Waals surface area contributed by atoms with E-state index >= 15 is 0 Å². The predicted molar refractivity (Wildman–Crippen MR) is 126 cm³/mol. The van der Waals surface area contributed by atoms with Gasteiger partial charge in [0.05, 0.1) is 16.6 Å². The number of aromatic nitrogens is 2. The van der Waals surface area contributed by atoms with Crippen molar-refractivity contribution in [2.45, 2.75) is 13.2 Å². The lowest BCUT2D eigenvalue weighted by molar-refractivity contribution is 0.306. The molecular formula is C27H20ClFN2O. The van der Waals surface area contributed by atoms with Gasteiger partial charge in [-0.1, -0.05) is 66.2 Å². The van der Waals surface area contributed by atoms with Gasteiger partial charge in [-0.3, -0.25) is 0 Å². The molecule has 1 aromatic heterocycles. The molecule has 0 spiro atoms. The van der Waals surface area contributed by atoms with Crippen LogP contribution in [0.2, 0.25) is 5.02 Å². The minimum Gasteiger partial charge on any atom is -0.489 e. The van der Waals surface area contributed by atoms with Crippen LogP contribution < -0.4 is 4.74 Å². The molecule has 0 saturated heterocycles. The van der Waals surface area contributed by atoms with Crippen LogP contribution in [0.25, 0.3) is 22.4 Å². The number of nitrogens with zero attached hydrogens (tertiary/aromatic N) is 2. The zero-order valence-corrected chi connectivity index (χ0v) is 18.0. The molecule has 158 valence electrons. The van der Waals surface area contributed by atoms with E-state index in [0.717, 1.165) is 27.9 Å². The summed E-state index contributed by atoms with van der Waals surface area (Å²) in [7, 11) is 0. The summed E-state index contributed by atoms with van der Waals surface area (Å²) < 4.78 is 22.7. The third-order valence-corrected chi connectivity index (χ3v) is 5.59. The van der Waals surface area contributed by atoms with Gasteiger partial charge in [0.15, 0.2) is 0 Å². The molecule has 0 fully saturated rings. The van der Waals surface area contributed by atoms with Crippen LogP contribution in [0.5, 0.6) is 5.75 Å². The molecule has 0 aliphatic carbocycles.